The van der Waals surface area contributed by atoms with E-state index in [1.54, 1.807) is 20.0 Å². The van der Waals surface area contributed by atoms with Crippen LogP contribution in [0.2, 0.25) is 0 Å². The quantitative estimate of drug-likeness (QED) is 0.319. The molecule has 1 aliphatic heterocycles. The lowest BCUT2D eigenvalue weighted by Crippen LogP contribution is -2.43. The molecule has 0 atom stereocenters. The van der Waals surface area contributed by atoms with E-state index in [-0.39, 0.29) is 48.9 Å². The molecule has 12 heteroatoms. The Morgan fingerprint density at radius 2 is 1.82 bits per heavy atom. The third-order valence-corrected chi connectivity index (χ3v) is 5.63. The molecular weight excluding hydrogens is 477 g/mol. The van der Waals surface area contributed by atoms with Crippen molar-refractivity contribution in [2.75, 3.05) is 30.4 Å². The van der Waals surface area contributed by atoms with Gasteiger partial charge in [-0.2, -0.15) is 18.2 Å². The number of anilines is 3. The Kier molecular flexibility index (Phi) is 9.89. The maximum Gasteiger partial charge on any atom is 0.421 e. The van der Waals surface area contributed by atoms with Gasteiger partial charge in [-0.15, -0.1) is 0 Å². The highest BCUT2D eigenvalue weighted by molar-refractivity contribution is 7.97. The molecule has 1 saturated heterocycles. The van der Waals surface area contributed by atoms with Gasteiger partial charge in [0.25, 0.3) is 6.43 Å². The molecule has 3 rings (SSSR count). The first kappa shape index (κ1) is 28.1. The molecule has 0 saturated carbocycles. The van der Waals surface area contributed by atoms with Gasteiger partial charge in [0.05, 0.1) is 5.60 Å². The van der Waals surface area contributed by atoms with Gasteiger partial charge in [0.15, 0.2) is 0 Å². The van der Waals surface area contributed by atoms with E-state index >= 15 is 0 Å². The second-order valence-electron chi connectivity index (χ2n) is 8.10. The molecule has 3 N–H and O–H groups in total. The number of piperidine rings is 1. The molecule has 1 aromatic carbocycles. The van der Waals surface area contributed by atoms with Crippen LogP contribution in [0.1, 0.15) is 57.6 Å². The third kappa shape index (κ3) is 7.67. The first-order valence-electron chi connectivity index (χ1n) is 10.9. The fourth-order valence-electron chi connectivity index (χ4n) is 3.21. The number of aliphatic hydroxyl groups is 1. The van der Waals surface area contributed by atoms with Gasteiger partial charge < -0.3 is 15.3 Å². The summed E-state index contributed by atoms with van der Waals surface area (Å²) in [5, 5.41) is 12.7. The molecule has 1 aliphatic rings. The number of benzene rings is 1. The molecule has 1 fully saturated rings. The molecule has 0 spiro atoms. The lowest BCUT2D eigenvalue weighted by Gasteiger charge is -2.37. The molecule has 34 heavy (non-hydrogen) atoms. The topological polar surface area (TPSA) is 73.3 Å². The van der Waals surface area contributed by atoms with Gasteiger partial charge in [-0.25, -0.2) is 13.8 Å². The first-order valence-corrected chi connectivity index (χ1v) is 11.7. The fraction of sp³-hybridized carbons (Fsp3) is 0.545. The number of nitrogens with zero attached hydrogens (tertiary/aromatic N) is 3. The summed E-state index contributed by atoms with van der Waals surface area (Å²) < 4.78 is 70.4. The predicted molar refractivity (Wildman–Crippen MR) is 125 cm³/mol. The molecule has 190 valence electrons. The highest BCUT2D eigenvalue weighted by Gasteiger charge is 2.38. The second kappa shape index (κ2) is 12.0. The minimum atomic E-state index is -4.69. The van der Waals surface area contributed by atoms with E-state index in [1.807, 2.05) is 0 Å². The number of hydrogen-bond acceptors (Lipinski definition) is 7. The molecule has 0 aliphatic carbocycles. The molecular formula is C22H30F5N5OS. The van der Waals surface area contributed by atoms with E-state index in [0.717, 1.165) is 11.9 Å². The zero-order valence-corrected chi connectivity index (χ0v) is 20.3. The van der Waals surface area contributed by atoms with Gasteiger partial charge in [0.2, 0.25) is 5.95 Å². The largest absolute Gasteiger partial charge is 0.421 e. The number of nitrogens with one attached hydrogen (secondary N) is 2. The van der Waals surface area contributed by atoms with Crippen molar-refractivity contribution >= 4 is 29.4 Å². The Labute approximate surface area is 200 Å². The van der Waals surface area contributed by atoms with Gasteiger partial charge in [-0.3, -0.25) is 4.72 Å². The number of alkyl halides is 5. The van der Waals surface area contributed by atoms with Gasteiger partial charge in [0.1, 0.15) is 11.4 Å². The van der Waals surface area contributed by atoms with Crippen molar-refractivity contribution in [3.63, 3.8) is 0 Å². The molecule has 0 unspecified atom stereocenters. The summed E-state index contributed by atoms with van der Waals surface area (Å²) in [4.78, 5) is 9.69. The lowest BCUT2D eigenvalue weighted by molar-refractivity contribution is -0.137. The van der Waals surface area contributed by atoms with Crippen molar-refractivity contribution in [2.45, 2.75) is 63.1 Å². The number of aromatic nitrogens is 2. The Morgan fingerprint density at radius 3 is 2.35 bits per heavy atom. The van der Waals surface area contributed by atoms with E-state index in [4.69, 9.17) is 0 Å². The lowest BCUT2D eigenvalue weighted by atomic mass is 9.94. The maximum atomic E-state index is 13.5. The highest BCUT2D eigenvalue weighted by atomic mass is 32.2. The Hall–Kier alpha value is -2.18. The van der Waals surface area contributed by atoms with E-state index in [9.17, 15) is 27.1 Å². The smallest absolute Gasteiger partial charge is 0.390 e. The van der Waals surface area contributed by atoms with Crippen molar-refractivity contribution in [3.05, 3.63) is 35.5 Å². The van der Waals surface area contributed by atoms with Gasteiger partial charge in [0, 0.05) is 35.4 Å². The molecule has 0 bridgehead atoms. The van der Waals surface area contributed by atoms with Gasteiger partial charge in [-0.1, -0.05) is 20.3 Å². The number of hydrogen-bond donors (Lipinski definition) is 3. The van der Waals surface area contributed by atoms with Gasteiger partial charge >= 0.3 is 6.18 Å². The average Bonchev–Trinajstić information content (AvgIpc) is 2.74. The van der Waals surface area contributed by atoms with Crippen molar-refractivity contribution in [1.29, 1.82) is 0 Å². The molecule has 1 aromatic heterocycles. The molecule has 2 aromatic rings. The van der Waals surface area contributed by atoms with Crippen molar-refractivity contribution in [3.8, 4) is 0 Å². The van der Waals surface area contributed by atoms with Crippen LogP contribution in [0.5, 0.6) is 0 Å². The van der Waals surface area contributed by atoms with Crippen molar-refractivity contribution in [2.24, 2.45) is 0 Å². The van der Waals surface area contributed by atoms with Crippen LogP contribution in [0, 0.1) is 0 Å². The zero-order valence-electron chi connectivity index (χ0n) is 19.5. The normalized spacial score (nSPS) is 15.7. The van der Waals surface area contributed by atoms with Crippen LogP contribution < -0.4 is 14.9 Å². The monoisotopic (exact) mass is 507 g/mol. The van der Waals surface area contributed by atoms with Crippen LogP contribution in [0.3, 0.4) is 0 Å². The molecule has 6 nitrogen and oxygen atoms in total. The van der Waals surface area contributed by atoms with Crippen LogP contribution >= 0.6 is 11.9 Å². The molecule has 0 radical (unpaired) electrons. The standard InChI is InChI=1S/C19H22F5N5OS.C3H8/c1-18(30)5-7-29(8-6-18)16-13(19(22,23)24)10-26-17(28-16)27-14-4-3-11(31-25-2)9-12(14)15(20)21;1-3-2/h3-4,9-10,15,25,30H,5-8H2,1-2H3,(H,26,27,28);3H2,1-2H3. The van der Waals surface area contributed by atoms with E-state index < -0.39 is 23.8 Å². The SMILES string of the molecule is CCC.CNSc1ccc(Nc2ncc(C(F)(F)F)c(N3CCC(C)(O)CC3)n2)c(C(F)F)c1. The van der Waals surface area contributed by atoms with Crippen LogP contribution in [-0.2, 0) is 6.18 Å². The third-order valence-electron chi connectivity index (χ3n) is 4.94. The van der Waals surface area contributed by atoms with Crippen LogP contribution in [0.4, 0.5) is 39.4 Å². The van der Waals surface area contributed by atoms with E-state index in [2.05, 4.69) is 33.9 Å². The first-order chi connectivity index (χ1) is 15.9. The molecule has 0 amide bonds. The Morgan fingerprint density at radius 1 is 1.21 bits per heavy atom. The summed E-state index contributed by atoms with van der Waals surface area (Å²) in [5.74, 6) is -0.572. The van der Waals surface area contributed by atoms with Crippen LogP contribution in [0.25, 0.3) is 0 Å². The summed E-state index contributed by atoms with van der Waals surface area (Å²) in [5.41, 5.74) is -2.29. The highest BCUT2D eigenvalue weighted by Crippen LogP contribution is 2.38. The summed E-state index contributed by atoms with van der Waals surface area (Å²) in [7, 11) is 1.65. The summed E-state index contributed by atoms with van der Waals surface area (Å²) in [6.45, 7) is 6.22. The van der Waals surface area contributed by atoms with Crippen molar-refractivity contribution < 1.29 is 27.1 Å². The zero-order chi connectivity index (χ0) is 25.5. The Bertz CT molecular complexity index is 932. The summed E-state index contributed by atoms with van der Waals surface area (Å²) in [6.07, 6.45) is -5.05. The maximum absolute atomic E-state index is 13.5. The summed E-state index contributed by atoms with van der Waals surface area (Å²) in [6, 6.07) is 4.28. The van der Waals surface area contributed by atoms with Gasteiger partial charge in [-0.05, 0) is 57.0 Å². The molecule has 2 heterocycles. The summed E-state index contributed by atoms with van der Waals surface area (Å²) >= 11 is 1.15. The number of halogens is 5. The second-order valence-corrected chi connectivity index (χ2v) is 9.18. The number of rotatable bonds is 6. The fourth-order valence-corrected chi connectivity index (χ4v) is 3.77. The van der Waals surface area contributed by atoms with E-state index in [0.29, 0.717) is 11.1 Å². The predicted octanol–water partition coefficient (Wildman–Crippen LogP) is 6.17. The van der Waals surface area contributed by atoms with Crippen LogP contribution in [-0.4, -0.2) is 40.8 Å². The van der Waals surface area contributed by atoms with Crippen molar-refractivity contribution in [1.82, 2.24) is 14.7 Å². The minimum Gasteiger partial charge on any atom is -0.390 e. The minimum absolute atomic E-state index is 0.00254. The average molecular weight is 508 g/mol. The Balaban J connectivity index is 0.00000129. The van der Waals surface area contributed by atoms with Crippen LogP contribution in [0.15, 0.2) is 29.3 Å². The van der Waals surface area contributed by atoms with E-state index in [1.165, 1.54) is 23.5 Å².